The summed E-state index contributed by atoms with van der Waals surface area (Å²) >= 11 is 0. The van der Waals surface area contributed by atoms with Gasteiger partial charge < -0.3 is 20.1 Å². The number of para-hydroxylation sites is 2. The fourth-order valence-electron chi connectivity index (χ4n) is 2.97. The molecule has 3 rings (SSSR count). The van der Waals surface area contributed by atoms with Crippen molar-refractivity contribution in [3.8, 4) is 11.5 Å². The molecule has 0 aliphatic rings. The molecule has 3 aromatic carbocycles. The summed E-state index contributed by atoms with van der Waals surface area (Å²) in [5, 5.41) is 9.06. The van der Waals surface area contributed by atoms with Crippen molar-refractivity contribution >= 4 is 35.3 Å². The Bertz CT molecular complexity index is 1210. The average molecular weight is 475 g/mol. The molecular formula is C26H26N4O5. The molecule has 0 saturated heterocycles. The Morgan fingerprint density at radius 3 is 2.40 bits per heavy atom. The second-order valence-electron chi connectivity index (χ2n) is 7.36. The molecule has 0 unspecified atom stereocenters. The van der Waals surface area contributed by atoms with Gasteiger partial charge in [0.2, 0.25) is 0 Å². The standard InChI is InChI=1S/C26H26N4O5/c1-3-34-23-10-5-4-9-22(23)29-25(32)26(33)30-27-16-19-11-13-21(14-12-19)35-17-24(31)28-20-8-6-7-18(2)15-20/h4-16H,3,17H2,1-2H3,(H,28,31)(H,29,32)(H,30,33)/b27-16-. The predicted molar refractivity (Wildman–Crippen MR) is 134 cm³/mol. The van der Waals surface area contributed by atoms with Crippen LogP contribution < -0.4 is 25.5 Å². The first-order chi connectivity index (χ1) is 16.9. The third kappa shape index (κ3) is 8.01. The number of nitrogens with one attached hydrogen (secondary N) is 3. The summed E-state index contributed by atoms with van der Waals surface area (Å²) in [6, 6.07) is 21.0. The molecule has 0 fully saturated rings. The van der Waals surface area contributed by atoms with E-state index in [9.17, 15) is 14.4 Å². The van der Waals surface area contributed by atoms with Crippen LogP contribution in [-0.4, -0.2) is 37.1 Å². The summed E-state index contributed by atoms with van der Waals surface area (Å²) < 4.78 is 10.9. The summed E-state index contributed by atoms with van der Waals surface area (Å²) in [6.07, 6.45) is 1.38. The highest BCUT2D eigenvalue weighted by atomic mass is 16.5. The molecular weight excluding hydrogens is 448 g/mol. The third-order valence-corrected chi connectivity index (χ3v) is 4.57. The Balaban J connectivity index is 1.44. The molecule has 0 atom stereocenters. The number of aryl methyl sites for hydroxylation is 1. The summed E-state index contributed by atoms with van der Waals surface area (Å²) in [7, 11) is 0. The Morgan fingerprint density at radius 2 is 1.66 bits per heavy atom. The van der Waals surface area contributed by atoms with E-state index < -0.39 is 11.8 Å². The average Bonchev–Trinajstić information content (AvgIpc) is 2.85. The second-order valence-corrected chi connectivity index (χ2v) is 7.36. The van der Waals surface area contributed by atoms with E-state index in [0.29, 0.717) is 35.0 Å². The van der Waals surface area contributed by atoms with Gasteiger partial charge in [-0.25, -0.2) is 5.43 Å². The zero-order valence-corrected chi connectivity index (χ0v) is 19.4. The maximum atomic E-state index is 12.1. The topological polar surface area (TPSA) is 118 Å². The monoisotopic (exact) mass is 474 g/mol. The maximum Gasteiger partial charge on any atom is 0.329 e. The summed E-state index contributed by atoms with van der Waals surface area (Å²) in [5.74, 6) is -1.10. The van der Waals surface area contributed by atoms with E-state index in [1.54, 1.807) is 54.6 Å². The van der Waals surface area contributed by atoms with Gasteiger partial charge in [0.15, 0.2) is 6.61 Å². The molecule has 180 valence electrons. The molecule has 0 heterocycles. The molecule has 0 aromatic heterocycles. The lowest BCUT2D eigenvalue weighted by Crippen LogP contribution is -2.32. The summed E-state index contributed by atoms with van der Waals surface area (Å²) in [6.45, 7) is 4.05. The van der Waals surface area contributed by atoms with Crippen molar-refractivity contribution in [2.24, 2.45) is 5.10 Å². The zero-order chi connectivity index (χ0) is 25.0. The number of hydrogen-bond donors (Lipinski definition) is 3. The highest BCUT2D eigenvalue weighted by Crippen LogP contribution is 2.23. The third-order valence-electron chi connectivity index (χ3n) is 4.57. The van der Waals surface area contributed by atoms with Gasteiger partial charge in [-0.3, -0.25) is 14.4 Å². The number of hydrazone groups is 1. The van der Waals surface area contributed by atoms with Gasteiger partial charge in [0.1, 0.15) is 11.5 Å². The van der Waals surface area contributed by atoms with Crippen LogP contribution in [0.3, 0.4) is 0 Å². The van der Waals surface area contributed by atoms with Crippen LogP contribution in [0.1, 0.15) is 18.1 Å². The van der Waals surface area contributed by atoms with Crippen LogP contribution in [-0.2, 0) is 14.4 Å². The van der Waals surface area contributed by atoms with Gasteiger partial charge in [-0.2, -0.15) is 5.10 Å². The fourth-order valence-corrected chi connectivity index (χ4v) is 2.97. The smallest absolute Gasteiger partial charge is 0.329 e. The lowest BCUT2D eigenvalue weighted by Gasteiger charge is -2.10. The zero-order valence-electron chi connectivity index (χ0n) is 19.4. The van der Waals surface area contributed by atoms with Gasteiger partial charge in [0.05, 0.1) is 18.5 Å². The van der Waals surface area contributed by atoms with E-state index in [1.807, 2.05) is 32.0 Å². The maximum absolute atomic E-state index is 12.1. The first kappa shape index (κ1) is 25.0. The summed E-state index contributed by atoms with van der Waals surface area (Å²) in [4.78, 5) is 36.2. The Morgan fingerprint density at radius 1 is 0.886 bits per heavy atom. The lowest BCUT2D eigenvalue weighted by atomic mass is 10.2. The van der Waals surface area contributed by atoms with E-state index in [1.165, 1.54) is 6.21 Å². The number of anilines is 2. The van der Waals surface area contributed by atoms with Crippen LogP contribution >= 0.6 is 0 Å². The number of benzene rings is 3. The van der Waals surface area contributed by atoms with Crippen molar-refractivity contribution in [1.29, 1.82) is 0 Å². The quantitative estimate of drug-likeness (QED) is 0.249. The van der Waals surface area contributed by atoms with Gasteiger partial charge in [0.25, 0.3) is 5.91 Å². The SMILES string of the molecule is CCOc1ccccc1NC(=O)C(=O)N/N=C\c1ccc(OCC(=O)Nc2cccc(C)c2)cc1. The first-order valence-electron chi connectivity index (χ1n) is 10.9. The molecule has 0 aliphatic carbocycles. The van der Waals surface area contributed by atoms with Crippen molar-refractivity contribution in [1.82, 2.24) is 5.43 Å². The van der Waals surface area contributed by atoms with Crippen LogP contribution in [0.2, 0.25) is 0 Å². The van der Waals surface area contributed by atoms with Crippen LogP contribution in [0.4, 0.5) is 11.4 Å². The van der Waals surface area contributed by atoms with E-state index in [0.717, 1.165) is 5.56 Å². The van der Waals surface area contributed by atoms with Crippen LogP contribution in [0.15, 0.2) is 77.9 Å². The number of hydrogen-bond acceptors (Lipinski definition) is 6. The molecule has 35 heavy (non-hydrogen) atoms. The molecule has 9 nitrogen and oxygen atoms in total. The highest BCUT2D eigenvalue weighted by Gasteiger charge is 2.15. The first-order valence-corrected chi connectivity index (χ1v) is 10.9. The fraction of sp³-hybridized carbons (Fsp3) is 0.154. The number of amides is 3. The molecule has 0 radical (unpaired) electrons. The molecule has 9 heteroatoms. The minimum atomic E-state index is -0.924. The van der Waals surface area contributed by atoms with Gasteiger partial charge in [-0.05, 0) is 73.5 Å². The Labute approximate surface area is 203 Å². The van der Waals surface area contributed by atoms with Gasteiger partial charge in [-0.15, -0.1) is 0 Å². The molecule has 3 aromatic rings. The van der Waals surface area contributed by atoms with Crippen LogP contribution in [0.25, 0.3) is 0 Å². The van der Waals surface area contributed by atoms with Crippen molar-refractivity contribution in [2.45, 2.75) is 13.8 Å². The number of carbonyl (C=O) groups is 3. The molecule has 3 N–H and O–H groups in total. The Kier molecular flexibility index (Phi) is 8.95. The number of nitrogens with zero attached hydrogens (tertiary/aromatic N) is 1. The molecule has 3 amide bonds. The minimum absolute atomic E-state index is 0.140. The van der Waals surface area contributed by atoms with Crippen LogP contribution in [0.5, 0.6) is 11.5 Å². The predicted octanol–water partition coefficient (Wildman–Crippen LogP) is 3.50. The normalized spacial score (nSPS) is 10.5. The van der Waals surface area contributed by atoms with Crippen molar-refractivity contribution in [3.05, 3.63) is 83.9 Å². The molecule has 0 bridgehead atoms. The molecule has 0 spiro atoms. The van der Waals surface area contributed by atoms with E-state index in [-0.39, 0.29) is 12.5 Å². The number of rotatable bonds is 9. The van der Waals surface area contributed by atoms with Crippen LogP contribution in [0, 0.1) is 6.92 Å². The van der Waals surface area contributed by atoms with Gasteiger partial charge in [0, 0.05) is 5.69 Å². The van der Waals surface area contributed by atoms with Crippen molar-refractivity contribution in [3.63, 3.8) is 0 Å². The van der Waals surface area contributed by atoms with Crippen molar-refractivity contribution < 1.29 is 23.9 Å². The van der Waals surface area contributed by atoms with Crippen molar-refractivity contribution in [2.75, 3.05) is 23.8 Å². The minimum Gasteiger partial charge on any atom is -0.492 e. The number of carbonyl (C=O) groups excluding carboxylic acids is 3. The largest absolute Gasteiger partial charge is 0.492 e. The Hall–Kier alpha value is -4.66. The number of ether oxygens (including phenoxy) is 2. The van der Waals surface area contributed by atoms with E-state index in [2.05, 4.69) is 21.2 Å². The molecule has 0 aliphatic heterocycles. The van der Waals surface area contributed by atoms with Gasteiger partial charge >= 0.3 is 11.8 Å². The highest BCUT2D eigenvalue weighted by molar-refractivity contribution is 6.39. The van der Waals surface area contributed by atoms with Gasteiger partial charge in [-0.1, -0.05) is 24.3 Å². The van der Waals surface area contributed by atoms with E-state index in [4.69, 9.17) is 9.47 Å². The second kappa shape index (κ2) is 12.5. The summed E-state index contributed by atoms with van der Waals surface area (Å²) in [5.41, 5.74) is 4.98. The lowest BCUT2D eigenvalue weighted by molar-refractivity contribution is -0.136. The molecule has 0 saturated carbocycles. The van der Waals surface area contributed by atoms with E-state index >= 15 is 0 Å².